The van der Waals surface area contributed by atoms with Gasteiger partial charge in [-0.2, -0.15) is 0 Å². The summed E-state index contributed by atoms with van der Waals surface area (Å²) in [6, 6.07) is 7.50. The van der Waals surface area contributed by atoms with Crippen LogP contribution in [0.25, 0.3) is 21.1 Å². The third-order valence-corrected chi connectivity index (χ3v) is 6.39. The van der Waals surface area contributed by atoms with Crippen LogP contribution in [-0.2, 0) is 38.1 Å². The second-order valence-corrected chi connectivity index (χ2v) is 9.52. The molecule has 1 fully saturated rings. The maximum absolute atomic E-state index is 12.2. The van der Waals surface area contributed by atoms with Gasteiger partial charge in [0.05, 0.1) is 4.70 Å². The lowest BCUT2D eigenvalue weighted by molar-refractivity contribution is -0.256. The Labute approximate surface area is 219 Å². The van der Waals surface area contributed by atoms with Crippen molar-refractivity contribution in [1.82, 2.24) is 5.32 Å². The zero-order valence-corrected chi connectivity index (χ0v) is 21.7. The van der Waals surface area contributed by atoms with E-state index in [0.717, 1.165) is 25.2 Å². The van der Waals surface area contributed by atoms with Gasteiger partial charge in [-0.3, -0.25) is 19.2 Å². The Balaban J connectivity index is 1.81. The van der Waals surface area contributed by atoms with E-state index in [1.54, 1.807) is 30.3 Å². The van der Waals surface area contributed by atoms with Gasteiger partial charge in [-0.25, -0.2) is 4.79 Å². The van der Waals surface area contributed by atoms with Gasteiger partial charge >= 0.3 is 22.8 Å². The van der Waals surface area contributed by atoms with Gasteiger partial charge in [0.25, 0.3) is 0 Å². The van der Waals surface area contributed by atoms with Gasteiger partial charge in [0, 0.05) is 44.5 Å². The van der Waals surface area contributed by atoms with Crippen molar-refractivity contribution in [1.29, 1.82) is 0 Å². The van der Waals surface area contributed by atoms with E-state index in [2.05, 4.69) is 5.32 Å². The smallest absolute Gasteiger partial charge is 0.396 e. The van der Waals surface area contributed by atoms with Crippen LogP contribution in [0.3, 0.4) is 0 Å². The minimum atomic E-state index is -1.31. The highest BCUT2D eigenvalue weighted by Gasteiger charge is 2.52. The average Bonchev–Trinajstić information content (AvgIpc) is 3.21. The normalized spacial score (nSPS) is 23.0. The number of carbonyl (C=O) groups excluding carboxylic acids is 4. The summed E-state index contributed by atoms with van der Waals surface area (Å²) in [5.74, 6) is -2.27. The molecule has 1 N–H and O–H groups in total. The van der Waals surface area contributed by atoms with E-state index in [-0.39, 0.29) is 12.4 Å². The predicted molar refractivity (Wildman–Crippen MR) is 133 cm³/mol. The first-order valence-corrected chi connectivity index (χ1v) is 12.4. The van der Waals surface area contributed by atoms with Crippen molar-refractivity contribution in [3.63, 3.8) is 0 Å². The van der Waals surface area contributed by atoms with Crippen molar-refractivity contribution in [2.45, 2.75) is 58.3 Å². The van der Waals surface area contributed by atoms with E-state index in [9.17, 15) is 24.0 Å². The number of hydrogen-bond acceptors (Lipinski definition) is 12. The number of benzene rings is 2. The van der Waals surface area contributed by atoms with Gasteiger partial charge in [-0.15, -0.1) is 0 Å². The van der Waals surface area contributed by atoms with Gasteiger partial charge in [0.1, 0.15) is 24.5 Å². The Morgan fingerprint density at radius 2 is 1.61 bits per heavy atom. The molecule has 0 spiro atoms. The number of hydrogen-bond donors (Lipinski definition) is 1. The van der Waals surface area contributed by atoms with E-state index in [1.165, 1.54) is 13.8 Å². The Morgan fingerprint density at radius 3 is 2.24 bits per heavy atom. The van der Waals surface area contributed by atoms with Crippen LogP contribution in [0.4, 0.5) is 0 Å². The van der Waals surface area contributed by atoms with Gasteiger partial charge in [0.2, 0.25) is 12.2 Å². The van der Waals surface area contributed by atoms with Crippen LogP contribution in [0, 0.1) is 0 Å². The largest absolute Gasteiger partial charge is 0.463 e. The maximum Gasteiger partial charge on any atom is 0.396 e. The summed E-state index contributed by atoms with van der Waals surface area (Å²) in [5.41, 5.74) is 0.395. The molecule has 202 valence electrons. The van der Waals surface area contributed by atoms with Crippen molar-refractivity contribution in [2.75, 3.05) is 6.61 Å². The van der Waals surface area contributed by atoms with E-state index in [4.69, 9.17) is 28.1 Å². The molecule has 2 aromatic carbocycles. The fourth-order valence-corrected chi connectivity index (χ4v) is 4.99. The highest BCUT2D eigenvalue weighted by Crippen LogP contribution is 2.37. The maximum atomic E-state index is 12.2. The zero-order chi connectivity index (χ0) is 27.6. The van der Waals surface area contributed by atoms with Gasteiger partial charge in [-0.1, -0.05) is 35.6 Å². The molecule has 0 unspecified atom stereocenters. The van der Waals surface area contributed by atoms with E-state index < -0.39 is 59.4 Å². The van der Waals surface area contributed by atoms with Crippen LogP contribution in [0.2, 0.25) is 0 Å². The van der Waals surface area contributed by atoms with Crippen molar-refractivity contribution in [3.05, 3.63) is 40.1 Å². The van der Waals surface area contributed by atoms with Gasteiger partial charge in [0.15, 0.2) is 17.8 Å². The summed E-state index contributed by atoms with van der Waals surface area (Å²) in [6.07, 6.45) is -4.94. The van der Waals surface area contributed by atoms with Crippen LogP contribution >= 0.6 is 11.3 Å². The molecule has 1 amide bonds. The van der Waals surface area contributed by atoms with Crippen molar-refractivity contribution >= 4 is 56.2 Å². The van der Waals surface area contributed by atoms with Crippen molar-refractivity contribution in [3.8, 4) is 5.75 Å². The molecule has 38 heavy (non-hydrogen) atoms. The first-order valence-electron chi connectivity index (χ1n) is 11.6. The van der Waals surface area contributed by atoms with Gasteiger partial charge < -0.3 is 33.4 Å². The number of amides is 1. The molecule has 5 atom stereocenters. The predicted octanol–water partition coefficient (Wildman–Crippen LogP) is 2.04. The first-order chi connectivity index (χ1) is 18.0. The van der Waals surface area contributed by atoms with Crippen LogP contribution in [0.1, 0.15) is 27.7 Å². The third-order valence-electron chi connectivity index (χ3n) is 5.62. The molecule has 4 rings (SSSR count). The van der Waals surface area contributed by atoms with Crippen LogP contribution in [-0.4, -0.2) is 61.1 Å². The number of fused-ring (bicyclic) bond motifs is 3. The molecule has 0 bridgehead atoms. The minimum Gasteiger partial charge on any atom is -0.463 e. The standard InChI is InChI=1S/C25H25NO11S/c1-11(27)26-20-23(34-14(4)30)22(33-13(3)29)18(10-32-12(2)28)36-24(20)35-17-9-19-21(37-25(31)38-19)16-8-6-5-7-15(16)17/h5-9,18,20,22-24H,10H2,1-4H3,(H,26,27)/t18-,20+,22+,23+,24-/m0/s1. The molecule has 1 saturated heterocycles. The molecule has 0 radical (unpaired) electrons. The lowest BCUT2D eigenvalue weighted by Gasteiger charge is -2.44. The van der Waals surface area contributed by atoms with Crippen molar-refractivity contribution in [2.24, 2.45) is 0 Å². The summed E-state index contributed by atoms with van der Waals surface area (Å²) in [6.45, 7) is 4.39. The SMILES string of the molecule is CC(=O)N[C@H]1[C@@H](Oc2cc3sc(=O)oc3c3ccccc23)O[C@@H](COC(C)=O)[C@@H](OC(C)=O)[C@@H]1OC(C)=O. The summed E-state index contributed by atoms with van der Waals surface area (Å²) in [5, 5.41) is 3.84. The Morgan fingerprint density at radius 1 is 0.947 bits per heavy atom. The van der Waals surface area contributed by atoms with E-state index in [1.807, 2.05) is 0 Å². The second-order valence-electron chi connectivity index (χ2n) is 8.54. The van der Waals surface area contributed by atoms with Crippen LogP contribution in [0.5, 0.6) is 5.75 Å². The minimum absolute atomic E-state index is 0.282. The lowest BCUT2D eigenvalue weighted by atomic mass is 9.96. The highest BCUT2D eigenvalue weighted by atomic mass is 32.1. The van der Waals surface area contributed by atoms with Crippen molar-refractivity contribution < 1.29 is 47.3 Å². The fourth-order valence-electron chi connectivity index (χ4n) is 4.28. The van der Waals surface area contributed by atoms with Crippen LogP contribution in [0.15, 0.2) is 39.5 Å². The number of nitrogens with one attached hydrogen (secondary N) is 1. The summed E-state index contributed by atoms with van der Waals surface area (Å²) in [7, 11) is 0. The first kappa shape index (κ1) is 27.1. The average molecular weight is 548 g/mol. The monoisotopic (exact) mass is 547 g/mol. The molecule has 0 aliphatic carbocycles. The molecule has 12 nitrogen and oxygen atoms in total. The molecule has 3 aromatic rings. The Bertz CT molecular complexity index is 1440. The Hall–Kier alpha value is -3.97. The fraction of sp³-hybridized carbons (Fsp3) is 0.400. The molecular weight excluding hydrogens is 522 g/mol. The molecule has 0 saturated carbocycles. The number of esters is 3. The Kier molecular flexibility index (Phi) is 7.97. The van der Waals surface area contributed by atoms with E-state index >= 15 is 0 Å². The quantitative estimate of drug-likeness (QED) is 0.341. The molecule has 13 heteroatoms. The molecule has 1 aromatic heterocycles. The number of rotatable bonds is 7. The topological polar surface area (TPSA) is 157 Å². The number of carbonyl (C=O) groups is 4. The molecule has 1 aliphatic heterocycles. The van der Waals surface area contributed by atoms with Gasteiger partial charge in [-0.05, 0) is 0 Å². The number of ether oxygens (including phenoxy) is 5. The third kappa shape index (κ3) is 5.94. The summed E-state index contributed by atoms with van der Waals surface area (Å²) in [4.78, 5) is 59.1. The molecule has 1 aliphatic rings. The molecule has 2 heterocycles. The zero-order valence-electron chi connectivity index (χ0n) is 20.9. The lowest BCUT2D eigenvalue weighted by Crippen LogP contribution is -2.67. The molecular formula is C25H25NO11S. The van der Waals surface area contributed by atoms with E-state index in [0.29, 0.717) is 21.1 Å². The summed E-state index contributed by atoms with van der Waals surface area (Å²) >= 11 is 0.886. The summed E-state index contributed by atoms with van der Waals surface area (Å²) < 4.78 is 34.2. The highest BCUT2D eigenvalue weighted by molar-refractivity contribution is 7.16. The van der Waals surface area contributed by atoms with Crippen LogP contribution < -0.4 is 15.0 Å². The second kappa shape index (κ2) is 11.2.